The number of hydrogen-bond donors (Lipinski definition) is 2. The third kappa shape index (κ3) is 4.81. The summed E-state index contributed by atoms with van der Waals surface area (Å²) in [4.78, 5) is 12.1. The van der Waals surface area contributed by atoms with E-state index in [9.17, 15) is 22.4 Å². The van der Waals surface area contributed by atoms with Crippen molar-refractivity contribution in [2.45, 2.75) is 37.9 Å². The molecular weight excluding hydrogens is 336 g/mol. The van der Waals surface area contributed by atoms with Gasteiger partial charge in [-0.15, -0.1) is 12.4 Å². The Balaban J connectivity index is 0.00000264. The molecule has 1 aromatic rings. The monoisotopic (exact) mass is 354 g/mol. The van der Waals surface area contributed by atoms with Gasteiger partial charge in [-0.05, 0) is 43.5 Å². The Bertz CT molecular complexity index is 551. The second kappa shape index (κ2) is 7.97. The van der Waals surface area contributed by atoms with Crippen LogP contribution in [0.5, 0.6) is 0 Å². The molecule has 0 spiro atoms. The van der Waals surface area contributed by atoms with Gasteiger partial charge in [0.1, 0.15) is 5.82 Å². The summed E-state index contributed by atoms with van der Waals surface area (Å²) in [6.07, 6.45) is -1.15. The molecule has 3 nitrogen and oxygen atoms in total. The van der Waals surface area contributed by atoms with Gasteiger partial charge in [-0.3, -0.25) is 4.79 Å². The SMILES string of the molecule is Cl.NCC1CCCCC1NC(=O)c1cc(C(F)(F)F)ccc1F. The van der Waals surface area contributed by atoms with Gasteiger partial charge in [0.05, 0.1) is 11.1 Å². The lowest BCUT2D eigenvalue weighted by Crippen LogP contribution is -2.45. The minimum absolute atomic E-state index is 0. The van der Waals surface area contributed by atoms with Crippen LogP contribution in [0.25, 0.3) is 0 Å². The highest BCUT2D eigenvalue weighted by Crippen LogP contribution is 2.30. The van der Waals surface area contributed by atoms with Gasteiger partial charge >= 0.3 is 6.18 Å². The fourth-order valence-electron chi connectivity index (χ4n) is 2.80. The highest BCUT2D eigenvalue weighted by molar-refractivity contribution is 5.94. The average molecular weight is 355 g/mol. The number of benzene rings is 1. The zero-order valence-electron chi connectivity index (χ0n) is 12.3. The van der Waals surface area contributed by atoms with Crippen molar-refractivity contribution in [1.29, 1.82) is 0 Å². The molecule has 0 radical (unpaired) electrons. The van der Waals surface area contributed by atoms with E-state index < -0.39 is 29.0 Å². The summed E-state index contributed by atoms with van der Waals surface area (Å²) in [5, 5.41) is 2.63. The first kappa shape index (κ1) is 19.7. The number of amides is 1. The van der Waals surface area contributed by atoms with Gasteiger partial charge in [0.2, 0.25) is 0 Å². The first-order valence-corrected chi connectivity index (χ1v) is 7.20. The van der Waals surface area contributed by atoms with Crippen LogP contribution in [0.4, 0.5) is 17.6 Å². The lowest BCUT2D eigenvalue weighted by molar-refractivity contribution is -0.137. The molecule has 2 atom stereocenters. The Morgan fingerprint density at radius 3 is 2.52 bits per heavy atom. The smallest absolute Gasteiger partial charge is 0.349 e. The van der Waals surface area contributed by atoms with Gasteiger partial charge in [-0.2, -0.15) is 13.2 Å². The zero-order chi connectivity index (χ0) is 16.3. The van der Waals surface area contributed by atoms with Crippen molar-refractivity contribution in [3.63, 3.8) is 0 Å². The summed E-state index contributed by atoms with van der Waals surface area (Å²) in [7, 11) is 0. The van der Waals surface area contributed by atoms with Crippen molar-refractivity contribution in [2.24, 2.45) is 11.7 Å². The minimum Gasteiger partial charge on any atom is -0.349 e. The number of hydrogen-bond acceptors (Lipinski definition) is 2. The van der Waals surface area contributed by atoms with Crippen molar-refractivity contribution in [1.82, 2.24) is 5.32 Å². The van der Waals surface area contributed by atoms with Crippen molar-refractivity contribution < 1.29 is 22.4 Å². The van der Waals surface area contributed by atoms with Gasteiger partial charge in [0, 0.05) is 6.04 Å². The predicted octanol–water partition coefficient (Wildman–Crippen LogP) is 3.51. The first-order valence-electron chi connectivity index (χ1n) is 7.20. The summed E-state index contributed by atoms with van der Waals surface area (Å²) in [6.45, 7) is 0.385. The molecular formula is C15H19ClF4N2O. The van der Waals surface area contributed by atoms with Crippen LogP contribution in [0.1, 0.15) is 41.6 Å². The van der Waals surface area contributed by atoms with E-state index in [1.165, 1.54) is 0 Å². The lowest BCUT2D eigenvalue weighted by atomic mass is 9.84. The second-order valence-electron chi connectivity index (χ2n) is 5.55. The molecule has 1 amide bonds. The Labute approximate surface area is 138 Å². The Hall–Kier alpha value is -1.34. The number of alkyl halides is 3. The van der Waals surface area contributed by atoms with E-state index in [4.69, 9.17) is 5.73 Å². The summed E-state index contributed by atoms with van der Waals surface area (Å²) in [6, 6.07) is 1.61. The van der Waals surface area contributed by atoms with E-state index in [-0.39, 0.29) is 24.4 Å². The van der Waals surface area contributed by atoms with E-state index in [0.29, 0.717) is 31.2 Å². The molecule has 2 unspecified atom stereocenters. The first-order chi connectivity index (χ1) is 10.3. The molecule has 1 aliphatic carbocycles. The predicted molar refractivity (Wildman–Crippen MR) is 80.9 cm³/mol. The molecule has 0 bridgehead atoms. The summed E-state index contributed by atoms with van der Waals surface area (Å²) in [5.41, 5.74) is 4.01. The molecule has 0 aromatic heterocycles. The van der Waals surface area contributed by atoms with E-state index in [2.05, 4.69) is 5.32 Å². The molecule has 0 saturated heterocycles. The fraction of sp³-hybridized carbons (Fsp3) is 0.533. The number of carbonyl (C=O) groups excluding carboxylic acids is 1. The van der Waals surface area contributed by atoms with Crippen LogP contribution in [0.3, 0.4) is 0 Å². The van der Waals surface area contributed by atoms with Crippen molar-refractivity contribution in [2.75, 3.05) is 6.54 Å². The molecule has 2 rings (SSSR count). The van der Waals surface area contributed by atoms with Gasteiger partial charge in [-0.1, -0.05) is 12.8 Å². The third-order valence-electron chi connectivity index (χ3n) is 4.07. The van der Waals surface area contributed by atoms with Gasteiger partial charge in [0.15, 0.2) is 0 Å². The van der Waals surface area contributed by atoms with Crippen LogP contribution in [0.15, 0.2) is 18.2 Å². The van der Waals surface area contributed by atoms with Crippen LogP contribution in [0.2, 0.25) is 0 Å². The Kier molecular flexibility index (Phi) is 6.83. The van der Waals surface area contributed by atoms with Crippen LogP contribution >= 0.6 is 12.4 Å². The lowest BCUT2D eigenvalue weighted by Gasteiger charge is -2.31. The van der Waals surface area contributed by atoms with Crippen LogP contribution in [-0.2, 0) is 6.18 Å². The van der Waals surface area contributed by atoms with Gasteiger partial charge in [-0.25, -0.2) is 4.39 Å². The number of carbonyl (C=O) groups is 1. The second-order valence-corrected chi connectivity index (χ2v) is 5.55. The molecule has 1 aromatic carbocycles. The van der Waals surface area contributed by atoms with Crippen LogP contribution in [0, 0.1) is 11.7 Å². The summed E-state index contributed by atoms with van der Waals surface area (Å²) < 4.78 is 51.7. The normalized spacial score (nSPS) is 21.4. The minimum atomic E-state index is -4.62. The molecule has 3 N–H and O–H groups in total. The zero-order valence-corrected chi connectivity index (χ0v) is 13.1. The maximum absolute atomic E-state index is 13.7. The number of nitrogens with one attached hydrogen (secondary N) is 1. The van der Waals surface area contributed by atoms with E-state index in [1.807, 2.05) is 0 Å². The van der Waals surface area contributed by atoms with E-state index in [0.717, 1.165) is 19.3 Å². The van der Waals surface area contributed by atoms with Crippen molar-refractivity contribution in [3.8, 4) is 0 Å². The fourth-order valence-corrected chi connectivity index (χ4v) is 2.80. The standard InChI is InChI=1S/C15H18F4N2O.ClH/c16-12-6-5-10(15(17,18)19)7-11(12)14(22)21-13-4-2-1-3-9(13)8-20;/h5-7,9,13H,1-4,8,20H2,(H,21,22);1H. The van der Waals surface area contributed by atoms with Crippen LogP contribution in [-0.4, -0.2) is 18.5 Å². The summed E-state index contributed by atoms with van der Waals surface area (Å²) in [5.74, 6) is -1.72. The van der Waals surface area contributed by atoms with Crippen molar-refractivity contribution in [3.05, 3.63) is 35.1 Å². The molecule has 130 valence electrons. The Morgan fingerprint density at radius 2 is 1.91 bits per heavy atom. The number of rotatable bonds is 3. The molecule has 8 heteroatoms. The number of nitrogens with two attached hydrogens (primary N) is 1. The molecule has 23 heavy (non-hydrogen) atoms. The maximum Gasteiger partial charge on any atom is 0.416 e. The van der Waals surface area contributed by atoms with Crippen LogP contribution < -0.4 is 11.1 Å². The molecule has 0 aliphatic heterocycles. The Morgan fingerprint density at radius 1 is 1.26 bits per heavy atom. The maximum atomic E-state index is 13.7. The topological polar surface area (TPSA) is 55.1 Å². The summed E-state index contributed by atoms with van der Waals surface area (Å²) >= 11 is 0. The molecule has 1 saturated carbocycles. The average Bonchev–Trinajstić information content (AvgIpc) is 2.47. The quantitative estimate of drug-likeness (QED) is 0.816. The van der Waals surface area contributed by atoms with E-state index in [1.54, 1.807) is 0 Å². The number of halogens is 5. The van der Waals surface area contributed by atoms with Gasteiger partial charge < -0.3 is 11.1 Å². The largest absolute Gasteiger partial charge is 0.416 e. The van der Waals surface area contributed by atoms with E-state index >= 15 is 0 Å². The van der Waals surface area contributed by atoms with Gasteiger partial charge in [0.25, 0.3) is 5.91 Å². The third-order valence-corrected chi connectivity index (χ3v) is 4.07. The molecule has 1 fully saturated rings. The molecule has 1 aliphatic rings. The highest BCUT2D eigenvalue weighted by atomic mass is 35.5. The molecule has 0 heterocycles. The van der Waals surface area contributed by atoms with Crippen molar-refractivity contribution >= 4 is 18.3 Å². The highest BCUT2D eigenvalue weighted by Gasteiger charge is 2.32.